The molecule has 7 nitrogen and oxygen atoms in total. The summed E-state index contributed by atoms with van der Waals surface area (Å²) in [5.41, 5.74) is 3.44. The molecule has 1 saturated heterocycles. The number of aliphatic hydroxyl groups excluding tert-OH is 1. The topological polar surface area (TPSA) is 86.7 Å². The van der Waals surface area contributed by atoms with Crippen LogP contribution in [0.3, 0.4) is 0 Å². The normalized spacial score (nSPS) is 22.3. The predicted molar refractivity (Wildman–Crippen MR) is 175 cm³/mol. The molecule has 3 N–H and O–H groups in total. The Labute approximate surface area is 262 Å². The number of fused-ring (bicyclic) bond motifs is 1. The molecule has 6 rings (SSSR count). The fourth-order valence-electron chi connectivity index (χ4n) is 7.35. The lowest BCUT2D eigenvalue weighted by molar-refractivity contribution is -0.126. The van der Waals surface area contributed by atoms with E-state index in [9.17, 15) is 9.90 Å². The van der Waals surface area contributed by atoms with Crippen LogP contribution in [-0.2, 0) is 11.2 Å². The van der Waals surface area contributed by atoms with E-state index in [2.05, 4.69) is 64.7 Å². The molecule has 4 atom stereocenters. The van der Waals surface area contributed by atoms with Crippen LogP contribution < -0.4 is 20.3 Å². The first kappa shape index (κ1) is 30.6. The van der Waals surface area contributed by atoms with E-state index in [1.165, 1.54) is 24.0 Å². The summed E-state index contributed by atoms with van der Waals surface area (Å²) in [6.07, 6.45) is 8.81. The molecule has 234 valence electrons. The number of carbonyl (C=O) groups is 1. The number of benzene rings is 2. The summed E-state index contributed by atoms with van der Waals surface area (Å²) in [4.78, 5) is 20.4. The number of hydrogen-bond donors (Lipinski definition) is 3. The second-order valence-corrected chi connectivity index (χ2v) is 13.5. The number of nitrogens with zero attached hydrogens (tertiary/aromatic N) is 2. The van der Waals surface area contributed by atoms with Gasteiger partial charge in [-0.25, -0.2) is 4.98 Å². The number of pyridine rings is 1. The van der Waals surface area contributed by atoms with Crippen molar-refractivity contribution in [2.24, 2.45) is 5.92 Å². The zero-order valence-electron chi connectivity index (χ0n) is 26.3. The molecule has 3 aliphatic rings. The Morgan fingerprint density at radius 2 is 1.86 bits per heavy atom. The molecule has 1 aliphatic carbocycles. The molecule has 1 unspecified atom stereocenters. The first-order chi connectivity index (χ1) is 21.4. The van der Waals surface area contributed by atoms with E-state index in [4.69, 9.17) is 4.74 Å². The number of aromatic nitrogens is 1. The van der Waals surface area contributed by atoms with E-state index in [0.717, 1.165) is 55.8 Å². The van der Waals surface area contributed by atoms with Crippen molar-refractivity contribution in [1.82, 2.24) is 15.6 Å². The molecule has 2 aromatic carbocycles. The lowest BCUT2D eigenvalue weighted by Gasteiger charge is -2.41. The van der Waals surface area contributed by atoms with E-state index in [-0.39, 0.29) is 23.5 Å². The highest BCUT2D eigenvalue weighted by molar-refractivity contribution is 5.80. The number of rotatable bonds is 10. The van der Waals surface area contributed by atoms with Gasteiger partial charge in [0.05, 0.1) is 18.1 Å². The van der Waals surface area contributed by atoms with Gasteiger partial charge in [-0.05, 0) is 80.2 Å². The summed E-state index contributed by atoms with van der Waals surface area (Å²) >= 11 is 0. The zero-order valence-corrected chi connectivity index (χ0v) is 26.3. The number of amides is 1. The molecule has 1 saturated carbocycles. The van der Waals surface area contributed by atoms with Gasteiger partial charge in [-0.2, -0.15) is 0 Å². The van der Waals surface area contributed by atoms with Gasteiger partial charge in [-0.1, -0.05) is 62.4 Å². The predicted octanol–water partition coefficient (Wildman–Crippen LogP) is 5.94. The van der Waals surface area contributed by atoms with Crippen LogP contribution in [0.15, 0.2) is 72.9 Å². The van der Waals surface area contributed by atoms with Gasteiger partial charge in [-0.3, -0.25) is 4.79 Å². The molecule has 1 aromatic heterocycles. The van der Waals surface area contributed by atoms with Gasteiger partial charge < -0.3 is 25.4 Å². The summed E-state index contributed by atoms with van der Waals surface area (Å²) in [5, 5.41) is 18.7. The number of anilines is 1. The lowest BCUT2D eigenvalue weighted by Crippen LogP contribution is -2.53. The number of hydrogen-bond acceptors (Lipinski definition) is 6. The molecule has 2 aliphatic heterocycles. The molecule has 0 bridgehead atoms. The second-order valence-electron chi connectivity index (χ2n) is 13.5. The van der Waals surface area contributed by atoms with Crippen LogP contribution in [0.5, 0.6) is 5.75 Å². The van der Waals surface area contributed by atoms with Crippen LogP contribution in [0.2, 0.25) is 0 Å². The molecule has 7 heteroatoms. The fraction of sp³-hybridized carbons (Fsp3) is 0.514. The molecular formula is C37H48N4O3. The minimum absolute atomic E-state index is 0.00788. The Morgan fingerprint density at radius 1 is 1.07 bits per heavy atom. The summed E-state index contributed by atoms with van der Waals surface area (Å²) in [6.45, 7) is 6.35. The van der Waals surface area contributed by atoms with Gasteiger partial charge in [0.25, 0.3) is 0 Å². The van der Waals surface area contributed by atoms with E-state index in [1.54, 1.807) is 6.20 Å². The second kappa shape index (κ2) is 13.7. The molecule has 1 spiro atoms. The minimum atomic E-state index is -0.756. The van der Waals surface area contributed by atoms with Gasteiger partial charge in [0.2, 0.25) is 5.91 Å². The smallest absolute Gasteiger partial charge is 0.225 e. The van der Waals surface area contributed by atoms with Gasteiger partial charge in [0.1, 0.15) is 17.2 Å². The molecule has 3 aromatic rings. The SMILES string of the molecule is CC(C)c1ccc2c(c1)[C@@H](NC[C@@H](O)[C@H](Cc1ccccc1)NC(=O)C1CCCN(c3ccccn3)C1)CC1(CCCC1)O2. The Hall–Kier alpha value is -3.42. The number of aliphatic hydroxyl groups is 1. The van der Waals surface area contributed by atoms with Crippen LogP contribution in [0.1, 0.15) is 87.4 Å². The van der Waals surface area contributed by atoms with Crippen molar-refractivity contribution in [3.63, 3.8) is 0 Å². The first-order valence-corrected chi connectivity index (χ1v) is 16.6. The van der Waals surface area contributed by atoms with Crippen molar-refractivity contribution in [3.05, 3.63) is 89.6 Å². The van der Waals surface area contributed by atoms with Crippen LogP contribution in [0.4, 0.5) is 5.82 Å². The quantitative estimate of drug-likeness (QED) is 0.269. The number of piperidine rings is 1. The van der Waals surface area contributed by atoms with E-state index in [1.807, 2.05) is 36.4 Å². The highest BCUT2D eigenvalue weighted by Gasteiger charge is 2.43. The molecular weight excluding hydrogens is 548 g/mol. The van der Waals surface area contributed by atoms with Gasteiger partial charge in [0, 0.05) is 43.9 Å². The maximum absolute atomic E-state index is 13.7. The average Bonchev–Trinajstić information content (AvgIpc) is 3.50. The average molecular weight is 597 g/mol. The van der Waals surface area contributed by atoms with Crippen molar-refractivity contribution in [1.29, 1.82) is 0 Å². The number of carbonyl (C=O) groups excluding carboxylic acids is 1. The van der Waals surface area contributed by atoms with Crippen molar-refractivity contribution in [3.8, 4) is 5.75 Å². The Balaban J connectivity index is 1.17. The molecule has 2 fully saturated rings. The molecule has 1 amide bonds. The fourth-order valence-corrected chi connectivity index (χ4v) is 7.35. The Bertz CT molecular complexity index is 1380. The van der Waals surface area contributed by atoms with Crippen molar-refractivity contribution in [2.75, 3.05) is 24.5 Å². The maximum atomic E-state index is 13.7. The van der Waals surface area contributed by atoms with Crippen LogP contribution in [-0.4, -0.2) is 53.4 Å². The van der Waals surface area contributed by atoms with Crippen molar-refractivity contribution < 1.29 is 14.6 Å². The first-order valence-electron chi connectivity index (χ1n) is 16.6. The minimum Gasteiger partial charge on any atom is -0.487 e. The number of ether oxygens (including phenoxy) is 1. The molecule has 3 heterocycles. The summed E-state index contributed by atoms with van der Waals surface area (Å²) in [5.74, 6) is 2.16. The highest BCUT2D eigenvalue weighted by Crippen LogP contribution is 2.47. The third kappa shape index (κ3) is 7.10. The van der Waals surface area contributed by atoms with Crippen molar-refractivity contribution >= 4 is 11.7 Å². The third-order valence-electron chi connectivity index (χ3n) is 9.92. The van der Waals surface area contributed by atoms with E-state index < -0.39 is 12.1 Å². The van der Waals surface area contributed by atoms with Crippen LogP contribution in [0.25, 0.3) is 0 Å². The largest absolute Gasteiger partial charge is 0.487 e. The standard InChI is InChI=1S/C37H48N4O3/c1-26(2)28-15-16-34-30(22-28)32(23-37(44-34)17-7-8-18-37)39-24-33(42)31(21-27-11-4-3-5-12-27)40-36(43)29-13-10-20-41(25-29)35-14-6-9-19-38-35/h3-6,9,11-12,14-16,19,22,26,29,31-33,39,42H,7-8,10,13,17-18,20-21,23-25H2,1-2H3,(H,40,43)/t29?,31-,32-,33+/m0/s1. The molecule has 0 radical (unpaired) electrons. The van der Waals surface area contributed by atoms with Crippen molar-refractivity contribution in [2.45, 2.75) is 94.9 Å². The van der Waals surface area contributed by atoms with E-state index in [0.29, 0.717) is 25.4 Å². The summed E-state index contributed by atoms with van der Waals surface area (Å²) in [6, 6.07) is 22.3. The van der Waals surface area contributed by atoms with Crippen LogP contribution >= 0.6 is 0 Å². The van der Waals surface area contributed by atoms with E-state index >= 15 is 0 Å². The van der Waals surface area contributed by atoms with Gasteiger partial charge >= 0.3 is 0 Å². The van der Waals surface area contributed by atoms with Crippen LogP contribution in [0, 0.1) is 5.92 Å². The maximum Gasteiger partial charge on any atom is 0.225 e. The summed E-state index contributed by atoms with van der Waals surface area (Å²) in [7, 11) is 0. The Kier molecular flexibility index (Phi) is 9.53. The highest BCUT2D eigenvalue weighted by atomic mass is 16.5. The monoisotopic (exact) mass is 596 g/mol. The molecule has 44 heavy (non-hydrogen) atoms. The lowest BCUT2D eigenvalue weighted by atomic mass is 9.84. The number of nitrogens with one attached hydrogen (secondary N) is 2. The Morgan fingerprint density at radius 3 is 2.61 bits per heavy atom. The van der Waals surface area contributed by atoms with Gasteiger partial charge in [0.15, 0.2) is 0 Å². The third-order valence-corrected chi connectivity index (χ3v) is 9.92. The zero-order chi connectivity index (χ0) is 30.5. The summed E-state index contributed by atoms with van der Waals surface area (Å²) < 4.78 is 6.67. The van der Waals surface area contributed by atoms with Gasteiger partial charge in [-0.15, -0.1) is 0 Å².